The Hall–Kier alpha value is -1.53. The number of aromatic nitrogens is 1. The van der Waals surface area contributed by atoms with Crippen LogP contribution in [0, 0.1) is 6.92 Å². The number of carbonyl (C=O) groups excluding carboxylic acids is 1. The van der Waals surface area contributed by atoms with Gasteiger partial charge in [-0.3, -0.25) is 0 Å². The predicted octanol–water partition coefficient (Wildman–Crippen LogP) is 2.97. The molecule has 2 N–H and O–H groups in total. The summed E-state index contributed by atoms with van der Waals surface area (Å²) in [5.41, 5.74) is 7.76. The zero-order chi connectivity index (χ0) is 13.1. The topological polar surface area (TPSA) is 65.2 Å². The summed E-state index contributed by atoms with van der Waals surface area (Å²) in [5, 5.41) is 1.97. The molecule has 0 aliphatic rings. The Morgan fingerprint density at radius 3 is 2.89 bits per heavy atom. The average molecular weight is 280 g/mol. The molecule has 0 aliphatic heterocycles. The van der Waals surface area contributed by atoms with Crippen molar-refractivity contribution in [3.05, 3.63) is 34.8 Å². The van der Waals surface area contributed by atoms with E-state index in [1.165, 1.54) is 18.9 Å². The van der Waals surface area contributed by atoms with E-state index in [1.54, 1.807) is 23.5 Å². The van der Waals surface area contributed by atoms with Crippen molar-refractivity contribution >= 4 is 34.8 Å². The second-order valence-corrected chi connectivity index (χ2v) is 5.71. The van der Waals surface area contributed by atoms with E-state index in [1.807, 2.05) is 18.4 Å². The van der Waals surface area contributed by atoms with E-state index in [0.29, 0.717) is 11.3 Å². The van der Waals surface area contributed by atoms with E-state index in [2.05, 4.69) is 9.72 Å². The van der Waals surface area contributed by atoms with Crippen molar-refractivity contribution in [1.82, 2.24) is 4.98 Å². The number of nitrogens with two attached hydrogens (primary N) is 1. The first kappa shape index (κ1) is 12.9. The van der Waals surface area contributed by atoms with Crippen LogP contribution in [0.15, 0.2) is 32.8 Å². The quantitative estimate of drug-likeness (QED) is 0.691. The van der Waals surface area contributed by atoms with Gasteiger partial charge in [-0.15, -0.1) is 11.3 Å². The van der Waals surface area contributed by atoms with E-state index in [-0.39, 0.29) is 0 Å². The van der Waals surface area contributed by atoms with Gasteiger partial charge in [-0.1, -0.05) is 17.8 Å². The van der Waals surface area contributed by atoms with Crippen molar-refractivity contribution in [3.8, 4) is 0 Å². The van der Waals surface area contributed by atoms with Crippen LogP contribution in [-0.4, -0.2) is 18.1 Å². The number of methoxy groups -OCH3 is 1. The van der Waals surface area contributed by atoms with E-state index in [4.69, 9.17) is 5.73 Å². The molecule has 1 heterocycles. The number of rotatable bonds is 3. The van der Waals surface area contributed by atoms with Crippen molar-refractivity contribution in [2.75, 3.05) is 12.8 Å². The van der Waals surface area contributed by atoms with E-state index in [0.717, 1.165) is 14.9 Å². The molecule has 2 rings (SSSR count). The molecular weight excluding hydrogens is 268 g/mol. The van der Waals surface area contributed by atoms with Gasteiger partial charge in [0.05, 0.1) is 18.4 Å². The third-order valence-electron chi connectivity index (χ3n) is 2.27. The zero-order valence-electron chi connectivity index (χ0n) is 9.97. The molecule has 0 spiro atoms. The number of hydrogen-bond donors (Lipinski definition) is 1. The molecule has 0 fully saturated rings. The summed E-state index contributed by atoms with van der Waals surface area (Å²) in [7, 11) is 1.34. The van der Waals surface area contributed by atoms with E-state index < -0.39 is 5.97 Å². The Kier molecular flexibility index (Phi) is 3.88. The van der Waals surface area contributed by atoms with Gasteiger partial charge in [0.25, 0.3) is 0 Å². The molecule has 1 aromatic heterocycles. The molecule has 1 aromatic carbocycles. The third-order valence-corrected chi connectivity index (χ3v) is 4.40. The second-order valence-electron chi connectivity index (χ2n) is 3.57. The molecule has 0 radical (unpaired) electrons. The van der Waals surface area contributed by atoms with Gasteiger partial charge in [0.1, 0.15) is 0 Å². The van der Waals surface area contributed by atoms with Crippen molar-refractivity contribution in [1.29, 1.82) is 0 Å². The highest BCUT2D eigenvalue weighted by Crippen LogP contribution is 2.35. The predicted molar refractivity (Wildman–Crippen MR) is 73.2 cm³/mol. The SMILES string of the molecule is COC(=O)c1cccc(Sc2nc(C)cs2)c1N. The number of anilines is 1. The zero-order valence-corrected chi connectivity index (χ0v) is 11.6. The van der Waals surface area contributed by atoms with E-state index >= 15 is 0 Å². The number of benzene rings is 1. The van der Waals surface area contributed by atoms with Crippen LogP contribution in [0.2, 0.25) is 0 Å². The number of hydrogen-bond acceptors (Lipinski definition) is 6. The first-order valence-corrected chi connectivity index (χ1v) is 6.88. The number of ether oxygens (including phenoxy) is 1. The summed E-state index contributed by atoms with van der Waals surface area (Å²) >= 11 is 3.00. The Morgan fingerprint density at radius 2 is 2.28 bits per heavy atom. The lowest BCUT2D eigenvalue weighted by Gasteiger charge is -2.07. The van der Waals surface area contributed by atoms with Crippen LogP contribution < -0.4 is 5.73 Å². The van der Waals surface area contributed by atoms with Gasteiger partial charge in [0.15, 0.2) is 4.34 Å². The van der Waals surface area contributed by atoms with Crippen molar-refractivity contribution in [3.63, 3.8) is 0 Å². The second kappa shape index (κ2) is 5.41. The first-order chi connectivity index (χ1) is 8.61. The fraction of sp³-hybridized carbons (Fsp3) is 0.167. The molecule has 0 aliphatic carbocycles. The van der Waals surface area contributed by atoms with Crippen LogP contribution in [0.25, 0.3) is 0 Å². The molecule has 0 atom stereocenters. The number of carbonyl (C=O) groups is 1. The van der Waals surface area contributed by atoms with Gasteiger partial charge in [0, 0.05) is 16.0 Å². The maximum absolute atomic E-state index is 11.5. The molecule has 0 saturated carbocycles. The average Bonchev–Trinajstić information content (AvgIpc) is 2.76. The highest BCUT2D eigenvalue weighted by Gasteiger charge is 2.14. The lowest BCUT2D eigenvalue weighted by Crippen LogP contribution is -2.06. The van der Waals surface area contributed by atoms with Gasteiger partial charge < -0.3 is 10.5 Å². The van der Waals surface area contributed by atoms with E-state index in [9.17, 15) is 4.79 Å². The Bertz CT molecular complexity index is 581. The van der Waals surface area contributed by atoms with Gasteiger partial charge >= 0.3 is 5.97 Å². The van der Waals surface area contributed by atoms with Gasteiger partial charge in [-0.2, -0.15) is 0 Å². The minimum atomic E-state index is -0.426. The highest BCUT2D eigenvalue weighted by molar-refractivity contribution is 8.01. The van der Waals surface area contributed by atoms with Crippen LogP contribution in [-0.2, 0) is 4.74 Å². The Labute approximate surface area is 113 Å². The monoisotopic (exact) mass is 280 g/mol. The molecule has 0 bridgehead atoms. The summed E-state index contributed by atoms with van der Waals surface area (Å²) in [5.74, 6) is -0.426. The Balaban J connectivity index is 2.31. The summed E-state index contributed by atoms with van der Waals surface area (Å²) in [4.78, 5) is 16.7. The molecular formula is C12H12N2O2S2. The summed E-state index contributed by atoms with van der Waals surface area (Å²) in [6.07, 6.45) is 0. The minimum absolute atomic E-state index is 0.385. The van der Waals surface area contributed by atoms with Crippen molar-refractivity contribution in [2.45, 2.75) is 16.2 Å². The Morgan fingerprint density at radius 1 is 1.50 bits per heavy atom. The van der Waals surface area contributed by atoms with Gasteiger partial charge in [0.2, 0.25) is 0 Å². The number of para-hydroxylation sites is 1. The maximum Gasteiger partial charge on any atom is 0.339 e. The normalized spacial score (nSPS) is 10.3. The molecule has 4 nitrogen and oxygen atoms in total. The molecule has 0 unspecified atom stereocenters. The lowest BCUT2D eigenvalue weighted by molar-refractivity contribution is 0.0601. The number of nitrogens with zero attached hydrogens (tertiary/aromatic N) is 1. The molecule has 2 aromatic rings. The van der Waals surface area contributed by atoms with Crippen LogP contribution in [0.4, 0.5) is 5.69 Å². The van der Waals surface area contributed by atoms with Gasteiger partial charge in [-0.25, -0.2) is 9.78 Å². The minimum Gasteiger partial charge on any atom is -0.465 e. The molecule has 94 valence electrons. The van der Waals surface area contributed by atoms with Crippen LogP contribution >= 0.6 is 23.1 Å². The third kappa shape index (κ3) is 2.65. The first-order valence-electron chi connectivity index (χ1n) is 5.18. The van der Waals surface area contributed by atoms with Crippen molar-refractivity contribution < 1.29 is 9.53 Å². The van der Waals surface area contributed by atoms with Crippen LogP contribution in [0.1, 0.15) is 16.1 Å². The number of thiazole rings is 1. The number of esters is 1. The number of aryl methyl sites for hydroxylation is 1. The smallest absolute Gasteiger partial charge is 0.339 e. The summed E-state index contributed by atoms with van der Waals surface area (Å²) < 4.78 is 5.59. The molecule has 18 heavy (non-hydrogen) atoms. The van der Waals surface area contributed by atoms with Gasteiger partial charge in [-0.05, 0) is 19.1 Å². The van der Waals surface area contributed by atoms with Crippen LogP contribution in [0.3, 0.4) is 0 Å². The summed E-state index contributed by atoms with van der Waals surface area (Å²) in [6.45, 7) is 1.94. The van der Waals surface area contributed by atoms with Crippen molar-refractivity contribution in [2.24, 2.45) is 0 Å². The lowest BCUT2D eigenvalue weighted by atomic mass is 10.2. The van der Waals surface area contributed by atoms with Crippen LogP contribution in [0.5, 0.6) is 0 Å². The maximum atomic E-state index is 11.5. The molecule has 0 saturated heterocycles. The molecule has 0 amide bonds. The highest BCUT2D eigenvalue weighted by atomic mass is 32.2. The fourth-order valence-electron chi connectivity index (χ4n) is 1.39. The standard InChI is InChI=1S/C12H12N2O2S2/c1-7-6-17-12(14-7)18-9-5-3-4-8(10(9)13)11(15)16-2/h3-6H,13H2,1-2H3. The fourth-order valence-corrected chi connectivity index (χ4v) is 3.27. The largest absolute Gasteiger partial charge is 0.465 e. The molecule has 6 heteroatoms. The summed E-state index contributed by atoms with van der Waals surface area (Å²) in [6, 6.07) is 5.30. The number of nitrogen functional groups attached to an aromatic ring is 1.